The van der Waals surface area contributed by atoms with Crippen molar-refractivity contribution < 1.29 is 19.1 Å². The first-order valence-electron chi connectivity index (χ1n) is 4.91. The number of carbonyl (C=O) groups is 3. The maximum atomic E-state index is 11.7. The van der Waals surface area contributed by atoms with Gasteiger partial charge in [-0.3, -0.25) is 9.59 Å². The lowest BCUT2D eigenvalue weighted by atomic mass is 10.1. The average Bonchev–Trinajstić information content (AvgIpc) is 2.60. The van der Waals surface area contributed by atoms with Crippen LogP contribution < -0.4 is 10.2 Å². The molecule has 1 aliphatic heterocycles. The summed E-state index contributed by atoms with van der Waals surface area (Å²) in [6, 6.07) is 5.68. The minimum Gasteiger partial charge on any atom is -0.364 e. The van der Waals surface area contributed by atoms with Gasteiger partial charge in [0, 0.05) is 7.11 Å². The number of anilines is 1. The number of fused-ring (bicyclic) bond motifs is 1. The second-order valence-electron chi connectivity index (χ2n) is 3.40. The molecule has 1 aromatic rings. The summed E-state index contributed by atoms with van der Waals surface area (Å²) < 4.78 is 4.67. The van der Waals surface area contributed by atoms with E-state index in [1.54, 1.807) is 18.2 Å². The fraction of sp³-hybridized carbons (Fsp3) is 0.182. The number of methoxy groups -OCH3 is 1. The predicted molar refractivity (Wildman–Crippen MR) is 58.7 cm³/mol. The molecule has 0 aliphatic carbocycles. The van der Waals surface area contributed by atoms with Gasteiger partial charge in [0.25, 0.3) is 5.78 Å². The molecule has 0 fully saturated rings. The number of rotatable bonds is 2. The van der Waals surface area contributed by atoms with Crippen molar-refractivity contribution in [1.29, 1.82) is 0 Å². The minimum atomic E-state index is -0.847. The summed E-state index contributed by atoms with van der Waals surface area (Å²) in [4.78, 5) is 35.7. The van der Waals surface area contributed by atoms with Gasteiger partial charge in [-0.05, 0) is 12.1 Å². The zero-order valence-corrected chi connectivity index (χ0v) is 9.10. The van der Waals surface area contributed by atoms with Crippen molar-refractivity contribution in [2.45, 2.75) is 0 Å². The highest BCUT2D eigenvalue weighted by Gasteiger charge is 2.39. The van der Waals surface area contributed by atoms with E-state index in [2.05, 4.69) is 10.1 Å². The second-order valence-corrected chi connectivity index (χ2v) is 3.40. The van der Waals surface area contributed by atoms with Crippen molar-refractivity contribution in [3.05, 3.63) is 29.8 Å². The molecule has 0 aromatic heterocycles. The van der Waals surface area contributed by atoms with Crippen molar-refractivity contribution in [2.75, 3.05) is 18.7 Å². The van der Waals surface area contributed by atoms with Crippen LogP contribution in [0.1, 0.15) is 10.4 Å². The Morgan fingerprint density at radius 1 is 1.35 bits per heavy atom. The molecule has 1 aromatic carbocycles. The first-order valence-corrected chi connectivity index (χ1v) is 4.91. The van der Waals surface area contributed by atoms with Gasteiger partial charge in [0.15, 0.2) is 0 Å². The molecule has 1 N–H and O–H groups in total. The number of carbonyl (C=O) groups excluding carboxylic acids is 3. The fourth-order valence-corrected chi connectivity index (χ4v) is 1.60. The fourth-order valence-electron chi connectivity index (χ4n) is 1.60. The summed E-state index contributed by atoms with van der Waals surface area (Å²) in [7, 11) is 1.41. The van der Waals surface area contributed by atoms with Gasteiger partial charge in [-0.25, -0.2) is 9.69 Å². The van der Waals surface area contributed by atoms with Gasteiger partial charge < -0.3 is 10.1 Å². The molecule has 0 bridgehead atoms. The molecule has 17 heavy (non-hydrogen) atoms. The molecule has 0 unspecified atom stereocenters. The summed E-state index contributed by atoms with van der Waals surface area (Å²) in [5.74, 6) is -1.52. The van der Waals surface area contributed by atoms with Crippen LogP contribution in [0.25, 0.3) is 0 Å². The number of urea groups is 1. The Balaban J connectivity index is 2.33. The zero-order valence-electron chi connectivity index (χ0n) is 9.10. The van der Waals surface area contributed by atoms with Gasteiger partial charge in [-0.1, -0.05) is 12.1 Å². The van der Waals surface area contributed by atoms with Crippen molar-refractivity contribution in [2.24, 2.45) is 0 Å². The van der Waals surface area contributed by atoms with E-state index >= 15 is 0 Å². The van der Waals surface area contributed by atoms with E-state index in [0.29, 0.717) is 5.69 Å². The standard InChI is InChI=1S/C11H10N2O4/c1-17-6-12-11(16)13-8-5-3-2-4-7(8)9(14)10(13)15/h2-5H,6H2,1H3,(H,12,16). The highest BCUT2D eigenvalue weighted by atomic mass is 16.5. The van der Waals surface area contributed by atoms with Crippen molar-refractivity contribution in [3.63, 3.8) is 0 Å². The van der Waals surface area contributed by atoms with E-state index < -0.39 is 17.7 Å². The maximum absolute atomic E-state index is 11.7. The molecule has 0 saturated carbocycles. The van der Waals surface area contributed by atoms with E-state index in [4.69, 9.17) is 0 Å². The topological polar surface area (TPSA) is 75.7 Å². The molecule has 2 rings (SSSR count). The number of ether oxygens (including phenoxy) is 1. The minimum absolute atomic E-state index is 0.0288. The van der Waals surface area contributed by atoms with Gasteiger partial charge in [0.2, 0.25) is 0 Å². The average molecular weight is 234 g/mol. The number of hydrogen-bond acceptors (Lipinski definition) is 4. The lowest BCUT2D eigenvalue weighted by molar-refractivity contribution is -0.113. The molecule has 0 atom stereocenters. The number of para-hydroxylation sites is 1. The number of Topliss-reactive ketones (excluding diaryl/α,β-unsaturated/α-hetero) is 1. The summed E-state index contributed by atoms with van der Waals surface area (Å²) >= 11 is 0. The van der Waals surface area contributed by atoms with Crippen molar-refractivity contribution >= 4 is 23.4 Å². The normalized spacial score (nSPS) is 13.8. The number of hydrogen-bond donors (Lipinski definition) is 1. The van der Waals surface area contributed by atoms with Gasteiger partial charge in [0.05, 0.1) is 11.3 Å². The van der Waals surface area contributed by atoms with Gasteiger partial charge in [-0.2, -0.15) is 0 Å². The molecule has 0 saturated heterocycles. The van der Waals surface area contributed by atoms with Gasteiger partial charge >= 0.3 is 11.9 Å². The number of nitrogens with zero attached hydrogens (tertiary/aromatic N) is 1. The highest BCUT2D eigenvalue weighted by Crippen LogP contribution is 2.28. The SMILES string of the molecule is COCNC(=O)N1C(=O)C(=O)c2ccccc21. The molecule has 1 heterocycles. The third-order valence-electron chi connectivity index (χ3n) is 2.36. The Morgan fingerprint density at radius 2 is 2.06 bits per heavy atom. The summed E-state index contributed by atoms with van der Waals surface area (Å²) in [6.45, 7) is -0.0288. The third kappa shape index (κ3) is 1.78. The van der Waals surface area contributed by atoms with Crippen LogP contribution in [0.15, 0.2) is 24.3 Å². The lowest BCUT2D eigenvalue weighted by Gasteiger charge is -2.14. The Bertz CT molecular complexity index is 498. The Hall–Kier alpha value is -2.21. The maximum Gasteiger partial charge on any atom is 0.330 e. The van der Waals surface area contributed by atoms with E-state index in [0.717, 1.165) is 4.90 Å². The predicted octanol–water partition coefficient (Wildman–Crippen LogP) is 0.529. The van der Waals surface area contributed by atoms with Crippen LogP contribution in [0.3, 0.4) is 0 Å². The van der Waals surface area contributed by atoms with Crippen LogP contribution >= 0.6 is 0 Å². The summed E-state index contributed by atoms with van der Waals surface area (Å²) in [5.41, 5.74) is 0.543. The van der Waals surface area contributed by atoms with E-state index in [9.17, 15) is 14.4 Å². The number of ketones is 1. The van der Waals surface area contributed by atoms with Crippen LogP contribution in [-0.2, 0) is 9.53 Å². The Morgan fingerprint density at radius 3 is 2.76 bits per heavy atom. The third-order valence-corrected chi connectivity index (χ3v) is 2.36. The number of amides is 3. The van der Waals surface area contributed by atoms with Crippen LogP contribution in [0, 0.1) is 0 Å². The molecule has 3 amide bonds. The number of nitrogens with one attached hydrogen (secondary N) is 1. The largest absolute Gasteiger partial charge is 0.364 e. The van der Waals surface area contributed by atoms with Crippen LogP contribution in [0.2, 0.25) is 0 Å². The first kappa shape index (κ1) is 11.3. The van der Waals surface area contributed by atoms with Crippen LogP contribution in [-0.4, -0.2) is 31.6 Å². The van der Waals surface area contributed by atoms with Gasteiger partial charge in [0.1, 0.15) is 6.73 Å². The van der Waals surface area contributed by atoms with E-state index in [1.165, 1.54) is 13.2 Å². The summed E-state index contributed by atoms with van der Waals surface area (Å²) in [6.07, 6.45) is 0. The Labute approximate surface area is 97.2 Å². The molecule has 88 valence electrons. The Kier molecular flexibility index (Phi) is 2.88. The first-order chi connectivity index (χ1) is 8.16. The smallest absolute Gasteiger partial charge is 0.330 e. The quantitative estimate of drug-likeness (QED) is 0.598. The number of benzene rings is 1. The van der Waals surface area contributed by atoms with Gasteiger partial charge in [-0.15, -0.1) is 0 Å². The highest BCUT2D eigenvalue weighted by molar-refractivity contribution is 6.56. The van der Waals surface area contributed by atoms with Crippen molar-refractivity contribution in [1.82, 2.24) is 5.32 Å². The second kappa shape index (κ2) is 4.34. The van der Waals surface area contributed by atoms with Crippen LogP contribution in [0.4, 0.5) is 10.5 Å². The zero-order chi connectivity index (χ0) is 12.4. The molecule has 6 heteroatoms. The molecule has 1 aliphatic rings. The van der Waals surface area contributed by atoms with E-state index in [1.807, 2.05) is 0 Å². The van der Waals surface area contributed by atoms with Crippen LogP contribution in [0.5, 0.6) is 0 Å². The number of imide groups is 1. The molecular formula is C11H10N2O4. The molecular weight excluding hydrogens is 224 g/mol. The lowest BCUT2D eigenvalue weighted by Crippen LogP contribution is -2.43. The van der Waals surface area contributed by atoms with Crippen molar-refractivity contribution in [3.8, 4) is 0 Å². The summed E-state index contributed by atoms with van der Waals surface area (Å²) in [5, 5.41) is 2.36. The molecule has 0 radical (unpaired) electrons. The molecule has 6 nitrogen and oxygen atoms in total. The monoisotopic (exact) mass is 234 g/mol. The van der Waals surface area contributed by atoms with E-state index in [-0.39, 0.29) is 12.3 Å². The molecule has 0 spiro atoms.